The van der Waals surface area contributed by atoms with Gasteiger partial charge in [0.15, 0.2) is 5.75 Å². The number of ether oxygens (including phenoxy) is 1. The van der Waals surface area contributed by atoms with E-state index in [1.807, 2.05) is 6.07 Å². The highest BCUT2D eigenvalue weighted by Gasteiger charge is 2.04. The first-order valence-electron chi connectivity index (χ1n) is 3.40. The molecule has 0 saturated heterocycles. The van der Waals surface area contributed by atoms with Crippen LogP contribution in [0.5, 0.6) is 5.75 Å². The number of carbonyl (C=O) groups excluding carboxylic acids is 1. The Balaban J connectivity index is 3.00. The van der Waals surface area contributed by atoms with Gasteiger partial charge >= 0.3 is 6.09 Å². The molecule has 13 heavy (non-hydrogen) atoms. The van der Waals surface area contributed by atoms with Crippen LogP contribution in [0.25, 0.3) is 0 Å². The summed E-state index contributed by atoms with van der Waals surface area (Å²) in [6.07, 6.45) is -0.934. The summed E-state index contributed by atoms with van der Waals surface area (Å²) >= 11 is 0. The van der Waals surface area contributed by atoms with Crippen LogP contribution < -0.4 is 16.2 Å². The van der Waals surface area contributed by atoms with Crippen LogP contribution in [-0.2, 0) is 0 Å². The Morgan fingerprint density at radius 2 is 2.23 bits per heavy atom. The van der Waals surface area contributed by atoms with Crippen LogP contribution in [0.3, 0.4) is 0 Å². The lowest BCUT2D eigenvalue weighted by Gasteiger charge is -2.03. The number of nitrogens with zero attached hydrogens (tertiary/aromatic N) is 1. The van der Waals surface area contributed by atoms with Gasteiger partial charge in [-0.3, -0.25) is 0 Å². The minimum absolute atomic E-state index is 0.159. The molecule has 0 spiro atoms. The molecule has 1 rings (SSSR count). The maximum Gasteiger partial charge on any atom is 0.410 e. The van der Waals surface area contributed by atoms with E-state index in [9.17, 15) is 4.79 Å². The van der Waals surface area contributed by atoms with Gasteiger partial charge in [-0.2, -0.15) is 5.26 Å². The average molecular weight is 177 g/mol. The molecule has 0 heterocycles. The number of hydrogen-bond acceptors (Lipinski definition) is 4. The van der Waals surface area contributed by atoms with Gasteiger partial charge in [0.1, 0.15) is 0 Å². The molecule has 66 valence electrons. The molecule has 5 heteroatoms. The molecule has 5 nitrogen and oxygen atoms in total. The van der Waals surface area contributed by atoms with E-state index in [0.29, 0.717) is 5.56 Å². The second-order valence-corrected chi connectivity index (χ2v) is 2.29. The van der Waals surface area contributed by atoms with E-state index in [2.05, 4.69) is 4.74 Å². The number of amides is 1. The summed E-state index contributed by atoms with van der Waals surface area (Å²) in [5, 5.41) is 8.50. The SMILES string of the molecule is N#Cc1ccc(OC(N)=O)c(N)c1. The number of hydrogen-bond donors (Lipinski definition) is 2. The van der Waals surface area contributed by atoms with Gasteiger partial charge in [-0.15, -0.1) is 0 Å². The molecular formula is C8H7N3O2. The molecule has 1 aromatic carbocycles. The zero-order valence-electron chi connectivity index (χ0n) is 6.65. The van der Waals surface area contributed by atoms with E-state index in [1.165, 1.54) is 18.2 Å². The number of primary amides is 1. The van der Waals surface area contributed by atoms with Crippen LogP contribution in [0.4, 0.5) is 10.5 Å². The molecule has 0 aliphatic carbocycles. The number of anilines is 1. The summed E-state index contributed by atoms with van der Waals surface area (Å²) in [6, 6.07) is 6.19. The number of benzene rings is 1. The molecule has 0 atom stereocenters. The minimum Gasteiger partial charge on any atom is -0.408 e. The van der Waals surface area contributed by atoms with Gasteiger partial charge in [0.05, 0.1) is 17.3 Å². The van der Waals surface area contributed by atoms with Gasteiger partial charge in [0.2, 0.25) is 0 Å². The predicted octanol–water partition coefficient (Wildman–Crippen LogP) is 0.598. The summed E-state index contributed by atoms with van der Waals surface area (Å²) in [5.41, 5.74) is 10.8. The molecule has 0 unspecified atom stereocenters. The summed E-state index contributed by atoms with van der Waals surface area (Å²) in [5.74, 6) is 0.159. The highest BCUT2D eigenvalue weighted by Crippen LogP contribution is 2.21. The Hall–Kier alpha value is -2.22. The molecule has 1 aromatic rings. The van der Waals surface area contributed by atoms with Crippen molar-refractivity contribution in [3.05, 3.63) is 23.8 Å². The van der Waals surface area contributed by atoms with Crippen molar-refractivity contribution in [2.45, 2.75) is 0 Å². The molecule has 0 aliphatic rings. The van der Waals surface area contributed by atoms with Gasteiger partial charge in [0.25, 0.3) is 0 Å². The first-order chi connectivity index (χ1) is 6.13. The first-order valence-corrected chi connectivity index (χ1v) is 3.40. The molecule has 1 amide bonds. The van der Waals surface area contributed by atoms with Crippen LogP contribution in [0.1, 0.15) is 5.56 Å². The van der Waals surface area contributed by atoms with Crippen molar-refractivity contribution in [3.63, 3.8) is 0 Å². The fourth-order valence-electron chi connectivity index (χ4n) is 0.819. The van der Waals surface area contributed by atoms with E-state index < -0.39 is 6.09 Å². The van der Waals surface area contributed by atoms with Crippen LogP contribution in [0.2, 0.25) is 0 Å². The summed E-state index contributed by atoms with van der Waals surface area (Å²) < 4.78 is 4.55. The quantitative estimate of drug-likeness (QED) is 0.613. The van der Waals surface area contributed by atoms with Gasteiger partial charge < -0.3 is 16.2 Å². The maximum atomic E-state index is 10.4. The topological polar surface area (TPSA) is 102 Å². The summed E-state index contributed by atoms with van der Waals surface area (Å²) in [7, 11) is 0. The van der Waals surface area contributed by atoms with E-state index >= 15 is 0 Å². The molecule has 4 N–H and O–H groups in total. The Kier molecular flexibility index (Phi) is 2.36. The fourth-order valence-corrected chi connectivity index (χ4v) is 0.819. The van der Waals surface area contributed by atoms with Gasteiger partial charge in [-0.05, 0) is 18.2 Å². The Morgan fingerprint density at radius 3 is 2.69 bits per heavy atom. The number of nitriles is 1. The number of nitrogen functional groups attached to an aromatic ring is 1. The highest BCUT2D eigenvalue weighted by atomic mass is 16.5. The van der Waals surface area contributed by atoms with Crippen molar-refractivity contribution >= 4 is 11.8 Å². The molecule has 0 fully saturated rings. The molecular weight excluding hydrogens is 170 g/mol. The van der Waals surface area contributed by atoms with Crippen molar-refractivity contribution in [1.29, 1.82) is 5.26 Å². The average Bonchev–Trinajstić information content (AvgIpc) is 2.08. The third-order valence-corrected chi connectivity index (χ3v) is 1.35. The lowest BCUT2D eigenvalue weighted by atomic mass is 10.2. The van der Waals surface area contributed by atoms with Crippen LogP contribution >= 0.6 is 0 Å². The Bertz CT molecular complexity index is 381. The van der Waals surface area contributed by atoms with Crippen molar-refractivity contribution < 1.29 is 9.53 Å². The Morgan fingerprint density at radius 1 is 1.54 bits per heavy atom. The van der Waals surface area contributed by atoms with Crippen LogP contribution in [-0.4, -0.2) is 6.09 Å². The van der Waals surface area contributed by atoms with Crippen molar-refractivity contribution in [2.24, 2.45) is 5.73 Å². The predicted molar refractivity (Wildman–Crippen MR) is 45.8 cm³/mol. The lowest BCUT2D eigenvalue weighted by molar-refractivity contribution is 0.211. The third-order valence-electron chi connectivity index (χ3n) is 1.35. The highest BCUT2D eigenvalue weighted by molar-refractivity contribution is 5.71. The molecule has 0 radical (unpaired) electrons. The molecule has 0 bridgehead atoms. The van der Waals surface area contributed by atoms with E-state index in [-0.39, 0.29) is 11.4 Å². The summed E-state index contributed by atoms with van der Waals surface area (Å²) in [6.45, 7) is 0. The van der Waals surface area contributed by atoms with Crippen molar-refractivity contribution in [2.75, 3.05) is 5.73 Å². The van der Waals surface area contributed by atoms with E-state index in [0.717, 1.165) is 0 Å². The molecule has 0 aromatic heterocycles. The largest absolute Gasteiger partial charge is 0.410 e. The van der Waals surface area contributed by atoms with E-state index in [4.69, 9.17) is 16.7 Å². The number of carbonyl (C=O) groups is 1. The Labute approximate surface area is 74.5 Å². The first kappa shape index (κ1) is 8.87. The zero-order valence-corrected chi connectivity index (χ0v) is 6.65. The van der Waals surface area contributed by atoms with Gasteiger partial charge in [0, 0.05) is 0 Å². The van der Waals surface area contributed by atoms with Crippen LogP contribution in [0.15, 0.2) is 18.2 Å². The minimum atomic E-state index is -0.934. The monoisotopic (exact) mass is 177 g/mol. The molecule has 0 aliphatic heterocycles. The van der Waals surface area contributed by atoms with Crippen molar-refractivity contribution in [3.8, 4) is 11.8 Å². The zero-order chi connectivity index (χ0) is 9.84. The second-order valence-electron chi connectivity index (χ2n) is 2.29. The van der Waals surface area contributed by atoms with Gasteiger partial charge in [-0.1, -0.05) is 0 Å². The summed E-state index contributed by atoms with van der Waals surface area (Å²) in [4.78, 5) is 10.4. The number of nitrogens with two attached hydrogens (primary N) is 2. The van der Waals surface area contributed by atoms with Crippen LogP contribution in [0, 0.1) is 11.3 Å². The fraction of sp³-hybridized carbons (Fsp3) is 0. The lowest BCUT2D eigenvalue weighted by Crippen LogP contribution is -2.17. The van der Waals surface area contributed by atoms with Gasteiger partial charge in [-0.25, -0.2) is 4.79 Å². The third kappa shape index (κ3) is 2.10. The maximum absolute atomic E-state index is 10.4. The standard InChI is InChI=1S/C8H7N3O2/c9-4-5-1-2-7(6(10)3-5)13-8(11)12/h1-3H,10H2,(H2,11,12). The van der Waals surface area contributed by atoms with E-state index in [1.54, 1.807) is 0 Å². The number of rotatable bonds is 1. The van der Waals surface area contributed by atoms with Crippen molar-refractivity contribution in [1.82, 2.24) is 0 Å². The smallest absolute Gasteiger partial charge is 0.408 e. The second kappa shape index (κ2) is 3.45. The molecule has 0 saturated carbocycles. The normalized spacial score (nSPS) is 8.85.